The van der Waals surface area contributed by atoms with Crippen LogP contribution in [0, 0.1) is 0 Å². The smallest absolute Gasteiger partial charge is 0.404 e. The molecular formula is C9H9Cl2N3O2. The normalized spacial score (nSPS) is 10.6. The number of nitrogens with one attached hydrogen (secondary N) is 1. The quantitative estimate of drug-likeness (QED) is 0.817. The first-order chi connectivity index (χ1) is 7.59. The van der Waals surface area contributed by atoms with Crippen molar-refractivity contribution in [2.75, 3.05) is 6.54 Å². The molecule has 2 N–H and O–H groups in total. The summed E-state index contributed by atoms with van der Waals surface area (Å²) < 4.78 is 0. The molecule has 1 aromatic rings. The lowest BCUT2D eigenvalue weighted by Crippen LogP contribution is -2.21. The van der Waals surface area contributed by atoms with Gasteiger partial charge in [-0.3, -0.25) is 0 Å². The maximum atomic E-state index is 10.1. The summed E-state index contributed by atoms with van der Waals surface area (Å²) in [4.78, 5) is 10.1. The van der Waals surface area contributed by atoms with Gasteiger partial charge in [-0.25, -0.2) is 4.79 Å². The van der Waals surface area contributed by atoms with Crippen LogP contribution in [0.4, 0.5) is 4.79 Å². The minimum absolute atomic E-state index is 0.256. The van der Waals surface area contributed by atoms with Crippen molar-refractivity contribution in [3.05, 3.63) is 28.0 Å². The standard InChI is InChI=1S/C9H9Cl2N3O2/c10-7-5-6(8(11)14-13-7)3-1-2-4-12-9(15)16/h1,3,5,12H,2,4H2,(H,15,16). The second kappa shape index (κ2) is 6.30. The van der Waals surface area contributed by atoms with E-state index in [-0.39, 0.29) is 10.3 Å². The van der Waals surface area contributed by atoms with Crippen LogP contribution in [-0.2, 0) is 0 Å². The van der Waals surface area contributed by atoms with Crippen LogP contribution in [0.5, 0.6) is 0 Å². The fraction of sp³-hybridized carbons (Fsp3) is 0.222. The van der Waals surface area contributed by atoms with Gasteiger partial charge < -0.3 is 10.4 Å². The molecule has 1 heterocycles. The Kier molecular flexibility index (Phi) is 5.01. The number of hydrogen-bond donors (Lipinski definition) is 2. The second-order valence-corrected chi connectivity index (χ2v) is 3.58. The maximum absolute atomic E-state index is 10.1. The van der Waals surface area contributed by atoms with E-state index < -0.39 is 6.09 Å². The van der Waals surface area contributed by atoms with Crippen LogP contribution >= 0.6 is 23.2 Å². The molecule has 1 amide bonds. The minimum Gasteiger partial charge on any atom is -0.465 e. The number of rotatable bonds is 4. The number of amides is 1. The summed E-state index contributed by atoms with van der Waals surface area (Å²) in [6, 6.07) is 1.58. The molecule has 0 radical (unpaired) electrons. The van der Waals surface area contributed by atoms with E-state index in [1.54, 1.807) is 18.2 Å². The number of hydrogen-bond acceptors (Lipinski definition) is 3. The Morgan fingerprint density at radius 2 is 2.25 bits per heavy atom. The SMILES string of the molecule is O=C(O)NCCC=Cc1cc(Cl)nnc1Cl. The van der Waals surface area contributed by atoms with E-state index in [0.29, 0.717) is 18.5 Å². The Hall–Kier alpha value is -1.33. The summed E-state index contributed by atoms with van der Waals surface area (Å²) in [5.74, 6) is 0. The number of nitrogens with zero attached hydrogens (tertiary/aromatic N) is 2. The van der Waals surface area contributed by atoms with Crippen molar-refractivity contribution >= 4 is 35.4 Å². The first-order valence-electron chi connectivity index (χ1n) is 4.41. The van der Waals surface area contributed by atoms with Gasteiger partial charge in [-0.15, -0.1) is 10.2 Å². The van der Waals surface area contributed by atoms with Crippen molar-refractivity contribution in [1.82, 2.24) is 15.5 Å². The van der Waals surface area contributed by atoms with Gasteiger partial charge in [-0.05, 0) is 12.5 Å². The van der Waals surface area contributed by atoms with Crippen LogP contribution < -0.4 is 5.32 Å². The van der Waals surface area contributed by atoms with E-state index in [2.05, 4.69) is 15.5 Å². The maximum Gasteiger partial charge on any atom is 0.404 e. The van der Waals surface area contributed by atoms with Gasteiger partial charge in [-0.1, -0.05) is 35.4 Å². The number of carbonyl (C=O) groups is 1. The fourth-order valence-corrected chi connectivity index (χ4v) is 1.27. The lowest BCUT2D eigenvalue weighted by molar-refractivity contribution is 0.194. The third-order valence-electron chi connectivity index (χ3n) is 1.63. The zero-order chi connectivity index (χ0) is 12.0. The van der Waals surface area contributed by atoms with Gasteiger partial charge in [0, 0.05) is 12.1 Å². The Bertz CT molecular complexity index is 410. The van der Waals surface area contributed by atoms with Crippen LogP contribution in [0.15, 0.2) is 12.1 Å². The van der Waals surface area contributed by atoms with Crippen molar-refractivity contribution in [2.24, 2.45) is 0 Å². The summed E-state index contributed by atoms with van der Waals surface area (Å²) in [6.07, 6.45) is 3.00. The third-order valence-corrected chi connectivity index (χ3v) is 2.11. The van der Waals surface area contributed by atoms with Crippen LogP contribution in [0.25, 0.3) is 6.08 Å². The van der Waals surface area contributed by atoms with Crippen molar-refractivity contribution < 1.29 is 9.90 Å². The van der Waals surface area contributed by atoms with Gasteiger partial charge in [-0.2, -0.15) is 0 Å². The van der Waals surface area contributed by atoms with E-state index in [4.69, 9.17) is 28.3 Å². The highest BCUT2D eigenvalue weighted by molar-refractivity contribution is 6.32. The lowest BCUT2D eigenvalue weighted by Gasteiger charge is -1.97. The van der Waals surface area contributed by atoms with Crippen molar-refractivity contribution in [1.29, 1.82) is 0 Å². The molecular weight excluding hydrogens is 253 g/mol. The van der Waals surface area contributed by atoms with Crippen molar-refractivity contribution in [3.63, 3.8) is 0 Å². The van der Waals surface area contributed by atoms with Gasteiger partial charge in [0.05, 0.1) is 0 Å². The molecule has 0 fully saturated rings. The molecule has 0 saturated carbocycles. The number of carboxylic acid groups (broad SMARTS) is 1. The number of halogens is 2. The average Bonchev–Trinajstić information content (AvgIpc) is 2.22. The molecule has 0 aliphatic heterocycles. The summed E-state index contributed by atoms with van der Waals surface area (Å²) in [6.45, 7) is 0.343. The molecule has 1 rings (SSSR count). The van der Waals surface area contributed by atoms with E-state index >= 15 is 0 Å². The predicted octanol–water partition coefficient (Wildman–Crippen LogP) is 2.45. The van der Waals surface area contributed by atoms with Crippen LogP contribution in [0.1, 0.15) is 12.0 Å². The summed E-state index contributed by atoms with van der Waals surface area (Å²) >= 11 is 11.4. The average molecular weight is 262 g/mol. The molecule has 86 valence electrons. The molecule has 7 heteroatoms. The Morgan fingerprint density at radius 1 is 1.50 bits per heavy atom. The van der Waals surface area contributed by atoms with Crippen molar-refractivity contribution in [3.8, 4) is 0 Å². The van der Waals surface area contributed by atoms with Gasteiger partial charge in [0.25, 0.3) is 0 Å². The van der Waals surface area contributed by atoms with Crippen LogP contribution in [-0.4, -0.2) is 27.9 Å². The van der Waals surface area contributed by atoms with E-state index in [0.717, 1.165) is 0 Å². The highest BCUT2D eigenvalue weighted by Crippen LogP contribution is 2.16. The second-order valence-electron chi connectivity index (χ2n) is 2.84. The zero-order valence-corrected chi connectivity index (χ0v) is 9.66. The third kappa shape index (κ3) is 4.46. The summed E-state index contributed by atoms with van der Waals surface area (Å²) in [7, 11) is 0. The molecule has 0 aliphatic rings. The highest BCUT2D eigenvalue weighted by Gasteiger charge is 1.99. The topological polar surface area (TPSA) is 75.1 Å². The molecule has 0 bridgehead atoms. The van der Waals surface area contributed by atoms with Gasteiger partial charge in [0.1, 0.15) is 0 Å². The van der Waals surface area contributed by atoms with Crippen LogP contribution in [0.2, 0.25) is 10.3 Å². The predicted molar refractivity (Wildman–Crippen MR) is 61.7 cm³/mol. The van der Waals surface area contributed by atoms with Gasteiger partial charge >= 0.3 is 6.09 Å². The van der Waals surface area contributed by atoms with Crippen LogP contribution in [0.3, 0.4) is 0 Å². The minimum atomic E-state index is -1.04. The molecule has 16 heavy (non-hydrogen) atoms. The van der Waals surface area contributed by atoms with Crippen molar-refractivity contribution in [2.45, 2.75) is 6.42 Å². The molecule has 5 nitrogen and oxygen atoms in total. The molecule has 0 unspecified atom stereocenters. The van der Waals surface area contributed by atoms with E-state index in [1.165, 1.54) is 0 Å². The molecule has 0 saturated heterocycles. The number of aromatic nitrogens is 2. The fourth-order valence-electron chi connectivity index (χ4n) is 0.956. The molecule has 0 aromatic carbocycles. The first-order valence-corrected chi connectivity index (χ1v) is 5.17. The first kappa shape index (κ1) is 12.7. The Morgan fingerprint density at radius 3 is 2.94 bits per heavy atom. The van der Waals surface area contributed by atoms with Gasteiger partial charge in [0.2, 0.25) is 0 Å². The Balaban J connectivity index is 2.49. The monoisotopic (exact) mass is 261 g/mol. The summed E-state index contributed by atoms with van der Waals surface area (Å²) in [5.41, 5.74) is 0.650. The summed E-state index contributed by atoms with van der Waals surface area (Å²) in [5, 5.41) is 18.3. The molecule has 1 aromatic heterocycles. The molecule has 0 atom stereocenters. The largest absolute Gasteiger partial charge is 0.465 e. The Labute approximate surface area is 102 Å². The van der Waals surface area contributed by atoms with Gasteiger partial charge in [0.15, 0.2) is 10.3 Å². The highest BCUT2D eigenvalue weighted by atomic mass is 35.5. The molecule has 0 aliphatic carbocycles. The zero-order valence-electron chi connectivity index (χ0n) is 8.15. The molecule has 0 spiro atoms. The lowest BCUT2D eigenvalue weighted by atomic mass is 10.2. The van der Waals surface area contributed by atoms with E-state index in [9.17, 15) is 4.79 Å². The van der Waals surface area contributed by atoms with E-state index in [1.807, 2.05) is 0 Å².